The molecule has 6 aromatic rings. The first-order valence-corrected chi connectivity index (χ1v) is 21.4. The van der Waals surface area contributed by atoms with E-state index in [4.69, 9.17) is 18.9 Å². The number of aromatic nitrogens is 6. The van der Waals surface area contributed by atoms with E-state index < -0.39 is 34.5 Å². The molecule has 0 saturated heterocycles. The van der Waals surface area contributed by atoms with Crippen LogP contribution in [0.4, 0.5) is 0 Å². The first-order valence-electron chi connectivity index (χ1n) is 19.6. The average molecular weight is 877 g/mol. The fraction of sp³-hybridized carbons (Fsp3) is 0.273. The van der Waals surface area contributed by atoms with E-state index in [0.29, 0.717) is 21.2 Å². The summed E-state index contributed by atoms with van der Waals surface area (Å²) in [7, 11) is 3.21. The Morgan fingerprint density at radius 1 is 0.565 bits per heavy atom. The minimum atomic E-state index is -0.567. The van der Waals surface area contributed by atoms with Crippen molar-refractivity contribution in [2.45, 2.75) is 60.3 Å². The summed E-state index contributed by atoms with van der Waals surface area (Å²) in [4.78, 5) is 54.5. The number of ether oxygens (including phenoxy) is 4. The Hall–Kier alpha value is -6.66. The first-order chi connectivity index (χ1) is 30.0. The van der Waals surface area contributed by atoms with Gasteiger partial charge in [-0.3, -0.25) is 20.4 Å². The predicted octanol–water partition coefficient (Wildman–Crippen LogP) is 6.83. The van der Waals surface area contributed by atoms with Gasteiger partial charge in [0.15, 0.2) is 21.6 Å². The van der Waals surface area contributed by atoms with Crippen LogP contribution in [0.25, 0.3) is 0 Å². The normalized spacial score (nSPS) is 17.4. The highest BCUT2D eigenvalue weighted by atomic mass is 32.2. The minimum Gasteiger partial charge on any atom is -0.497 e. The van der Waals surface area contributed by atoms with Crippen LogP contribution in [-0.4, -0.2) is 91.6 Å². The van der Waals surface area contributed by atoms with Gasteiger partial charge in [-0.2, -0.15) is 9.58 Å². The molecule has 8 rings (SSSR count). The third-order valence-corrected chi connectivity index (χ3v) is 12.6. The molecule has 0 radical (unpaired) electrons. The highest BCUT2D eigenvalue weighted by Gasteiger charge is 2.41. The number of rotatable bonds is 12. The monoisotopic (exact) mass is 876 g/mol. The van der Waals surface area contributed by atoms with E-state index >= 15 is 0 Å². The molecule has 16 nitrogen and oxygen atoms in total. The van der Waals surface area contributed by atoms with Crippen LogP contribution in [0, 0.1) is 13.8 Å². The number of carbonyl (C=O) groups excluding carboxylic acids is 4. The van der Waals surface area contributed by atoms with E-state index in [1.165, 1.54) is 33.1 Å². The highest BCUT2D eigenvalue weighted by Crippen LogP contribution is 2.42. The van der Waals surface area contributed by atoms with Crippen molar-refractivity contribution >= 4 is 47.0 Å². The van der Waals surface area contributed by atoms with Crippen molar-refractivity contribution in [1.82, 2.24) is 30.2 Å². The number of esters is 2. The van der Waals surface area contributed by atoms with Gasteiger partial charge in [0.1, 0.15) is 22.0 Å². The summed E-state index contributed by atoms with van der Waals surface area (Å²) in [5, 5.41) is 15.9. The van der Waals surface area contributed by atoms with Gasteiger partial charge in [0, 0.05) is 11.1 Å². The molecule has 18 heteroatoms. The van der Waals surface area contributed by atoms with Gasteiger partial charge in [0.25, 0.3) is 0 Å². The number of ketones is 2. The van der Waals surface area contributed by atoms with Crippen LogP contribution < -0.4 is 20.3 Å². The highest BCUT2D eigenvalue weighted by molar-refractivity contribution is 8.01. The van der Waals surface area contributed by atoms with Crippen LogP contribution in [-0.2, 0) is 9.47 Å². The molecule has 2 aliphatic rings. The lowest BCUT2D eigenvalue weighted by Gasteiger charge is -2.32. The lowest BCUT2D eigenvalue weighted by Crippen LogP contribution is -2.39. The summed E-state index contributed by atoms with van der Waals surface area (Å²) in [6.45, 7) is 7.85. The summed E-state index contributed by atoms with van der Waals surface area (Å²) in [6, 6.07) is 29.1. The zero-order chi connectivity index (χ0) is 43.9. The summed E-state index contributed by atoms with van der Waals surface area (Å²) in [5.41, 5.74) is 11.8. The largest absolute Gasteiger partial charge is 0.497 e. The molecular formula is C44H44N8O8S2. The number of hydrogen-bond donors (Lipinski definition) is 2. The Morgan fingerprint density at radius 3 is 1.24 bits per heavy atom. The third kappa shape index (κ3) is 9.30. The Bertz CT molecular complexity index is 2370. The van der Waals surface area contributed by atoms with Gasteiger partial charge in [-0.25, -0.2) is 9.59 Å². The topological polar surface area (TPSA) is 191 Å². The smallest absolute Gasteiger partial charge is 0.361 e. The second kappa shape index (κ2) is 19.4. The molecule has 320 valence electrons. The second-order valence-corrected chi connectivity index (χ2v) is 16.3. The number of aryl methyl sites for hydroxylation is 2. The Balaban J connectivity index is 0.000000186. The first kappa shape index (κ1) is 43.4. The lowest BCUT2D eigenvalue weighted by molar-refractivity contribution is 0.0505. The number of methoxy groups -OCH3 is 2. The van der Waals surface area contributed by atoms with Crippen molar-refractivity contribution < 1.29 is 38.1 Å². The summed E-state index contributed by atoms with van der Waals surface area (Å²) in [5.74, 6) is 0.199. The fourth-order valence-electron chi connectivity index (χ4n) is 6.65. The van der Waals surface area contributed by atoms with Crippen LogP contribution >= 0.6 is 23.5 Å². The van der Waals surface area contributed by atoms with Crippen molar-refractivity contribution in [3.05, 3.63) is 142 Å². The van der Waals surface area contributed by atoms with Gasteiger partial charge in [0.05, 0.1) is 39.5 Å². The fourth-order valence-corrected chi connectivity index (χ4v) is 9.18. The third-order valence-electron chi connectivity index (χ3n) is 9.94. The van der Waals surface area contributed by atoms with Crippen LogP contribution in [0.15, 0.2) is 107 Å². The molecule has 4 atom stereocenters. The van der Waals surface area contributed by atoms with Crippen LogP contribution in [0.3, 0.4) is 0 Å². The number of nitrogens with zero attached hydrogens (tertiary/aromatic N) is 6. The standard InChI is InChI=1S/2C22H22N4O4S/c2*1-4-30-22(28)18-21-26(25-23-18)24-17(14-9-11-16(29-3)12-10-14)20(31-21)19(27)15-7-5-13(2)6-8-15/h2*5-12,17,20,24H,4H2,1-3H3/t17-,20+;17-,20-/m10/s1. The molecule has 0 amide bonds. The summed E-state index contributed by atoms with van der Waals surface area (Å²) >= 11 is 2.52. The van der Waals surface area contributed by atoms with E-state index in [9.17, 15) is 19.2 Å². The molecule has 2 N–H and O–H groups in total. The number of nitrogens with one attached hydrogen (secondary N) is 2. The molecule has 0 bridgehead atoms. The molecule has 2 aromatic heterocycles. The number of fused-ring (bicyclic) bond motifs is 2. The van der Waals surface area contributed by atoms with Gasteiger partial charge in [0.2, 0.25) is 11.4 Å². The Labute approximate surface area is 366 Å². The number of Topliss-reactive ketones (excluding diaryl/α,β-unsaturated/α-hetero) is 2. The molecule has 0 saturated carbocycles. The molecule has 0 spiro atoms. The Morgan fingerprint density at radius 2 is 0.919 bits per heavy atom. The van der Waals surface area contributed by atoms with Crippen molar-refractivity contribution in [3.8, 4) is 11.5 Å². The molecule has 62 heavy (non-hydrogen) atoms. The van der Waals surface area contributed by atoms with Gasteiger partial charge in [-0.1, -0.05) is 107 Å². The number of thioether (sulfide) groups is 2. The van der Waals surface area contributed by atoms with E-state index in [0.717, 1.165) is 33.8 Å². The molecule has 0 aliphatic carbocycles. The van der Waals surface area contributed by atoms with Gasteiger partial charge >= 0.3 is 11.9 Å². The Kier molecular flexibility index (Phi) is 13.6. The maximum atomic E-state index is 13.5. The zero-order valence-corrected chi connectivity index (χ0v) is 36.4. The maximum Gasteiger partial charge on any atom is 0.361 e. The molecular weight excluding hydrogens is 833 g/mol. The van der Waals surface area contributed by atoms with E-state index in [1.54, 1.807) is 28.1 Å². The average Bonchev–Trinajstić information content (AvgIpc) is 3.93. The van der Waals surface area contributed by atoms with Gasteiger partial charge in [-0.15, -0.1) is 10.2 Å². The second-order valence-electron chi connectivity index (χ2n) is 14.0. The van der Waals surface area contributed by atoms with Crippen LogP contribution in [0.2, 0.25) is 0 Å². The van der Waals surface area contributed by atoms with Gasteiger partial charge < -0.3 is 18.9 Å². The van der Waals surface area contributed by atoms with E-state index in [2.05, 4.69) is 31.5 Å². The lowest BCUT2D eigenvalue weighted by atomic mass is 9.97. The molecule has 4 aromatic carbocycles. The zero-order valence-electron chi connectivity index (χ0n) is 34.7. The van der Waals surface area contributed by atoms with Crippen molar-refractivity contribution in [2.75, 3.05) is 38.3 Å². The summed E-state index contributed by atoms with van der Waals surface area (Å²) < 4.78 is 20.7. The molecule has 0 unspecified atom stereocenters. The van der Waals surface area contributed by atoms with Crippen molar-refractivity contribution in [2.24, 2.45) is 0 Å². The molecule has 0 fully saturated rings. The van der Waals surface area contributed by atoms with Crippen molar-refractivity contribution in [3.63, 3.8) is 0 Å². The van der Waals surface area contributed by atoms with Crippen LogP contribution in [0.1, 0.15) is 89.9 Å². The number of carbonyl (C=O) groups is 4. The number of benzene rings is 4. The quantitative estimate of drug-likeness (QED) is 0.0960. The van der Waals surface area contributed by atoms with Crippen molar-refractivity contribution in [1.29, 1.82) is 0 Å². The summed E-state index contributed by atoms with van der Waals surface area (Å²) in [6.07, 6.45) is 0. The van der Waals surface area contributed by atoms with E-state index in [1.807, 2.05) is 111 Å². The predicted molar refractivity (Wildman–Crippen MR) is 232 cm³/mol. The number of hydrogen-bond acceptors (Lipinski definition) is 16. The SMILES string of the molecule is CCOC(=O)c1nnn2c1S[C@H](C(=O)c1ccc(C)cc1)[C@@H](c1ccc(OC)cc1)N2.CCOC(=O)c1nnn2c1S[C@H](C(=O)c1ccc(C)cc1)[C@H](c1ccc(OC)cc1)N2. The van der Waals surface area contributed by atoms with Crippen LogP contribution in [0.5, 0.6) is 11.5 Å². The van der Waals surface area contributed by atoms with Gasteiger partial charge in [-0.05, 0) is 73.5 Å². The molecule has 4 heterocycles. The van der Waals surface area contributed by atoms with E-state index in [-0.39, 0.29) is 36.2 Å². The minimum absolute atomic E-state index is 0.0550. The molecule has 2 aliphatic heterocycles. The maximum absolute atomic E-state index is 13.5.